The summed E-state index contributed by atoms with van der Waals surface area (Å²) >= 11 is 0. The number of halogens is 3. The molecule has 109 heavy (non-hydrogen) atoms. The van der Waals surface area contributed by atoms with Gasteiger partial charge in [0.1, 0.15) is 25.9 Å². The van der Waals surface area contributed by atoms with Crippen molar-refractivity contribution >= 4 is 115 Å². The summed E-state index contributed by atoms with van der Waals surface area (Å²) in [6, 6.07) is 3.39. The van der Waals surface area contributed by atoms with E-state index in [9.17, 15) is 49.2 Å². The third-order valence-corrected chi connectivity index (χ3v) is 59.7. The Kier molecular flexibility index (Phi) is 44.1. The summed E-state index contributed by atoms with van der Waals surface area (Å²) in [6.07, 6.45) is 2.01. The number of esters is 4. The molecule has 2 atom stereocenters. The van der Waals surface area contributed by atoms with E-state index in [2.05, 4.69) is 106 Å². The second-order valence-electron chi connectivity index (χ2n) is 32.7. The number of aliphatic hydroxyl groups excluding tert-OH is 2. The molecule has 6 heterocycles. The van der Waals surface area contributed by atoms with Gasteiger partial charge in [0.2, 0.25) is 10.3 Å². The average Bonchev–Trinajstić information content (AvgIpc) is 0.684. The van der Waals surface area contributed by atoms with Crippen LogP contribution in [0.1, 0.15) is 205 Å². The number of sulfonamides is 1. The van der Waals surface area contributed by atoms with Crippen LogP contribution in [0, 0.1) is 63.6 Å². The number of aliphatic hydroxyl groups is 2. The van der Waals surface area contributed by atoms with Crippen molar-refractivity contribution in [2.24, 2.45) is 63.6 Å². The maximum atomic E-state index is 13.2. The molecule has 6 saturated heterocycles. The summed E-state index contributed by atoms with van der Waals surface area (Å²) in [7, 11) is -41.9. The van der Waals surface area contributed by atoms with Gasteiger partial charge in [-0.25, -0.2) is 16.8 Å². The van der Waals surface area contributed by atoms with Gasteiger partial charge in [0, 0.05) is 55.5 Å². The van der Waals surface area contributed by atoms with Gasteiger partial charge in [-0.05, 0) is 115 Å². The zero-order valence-electron chi connectivity index (χ0n) is 70.1. The van der Waals surface area contributed by atoms with Crippen molar-refractivity contribution in [3.8, 4) is 0 Å². The summed E-state index contributed by atoms with van der Waals surface area (Å²) in [4.78, 5) is 47.2. The second kappa shape index (κ2) is 45.1. The first-order valence-corrected chi connectivity index (χ1v) is 56.1. The maximum absolute atomic E-state index is 13.2. The molecule has 0 saturated carbocycles. The largest absolute Gasteiger partial charge is 1.00 e. The third-order valence-electron chi connectivity index (χ3n) is 17.1. The molecule has 0 amide bonds. The Balaban J connectivity index is 0.000000961. The number of carbonyl (C=O) groups is 4. The summed E-state index contributed by atoms with van der Waals surface area (Å²) in [5.41, 5.74) is -7.82. The predicted octanol–water partition coefficient (Wildman–Crippen LogP) is 9.74. The van der Waals surface area contributed by atoms with E-state index in [1.807, 2.05) is 41.5 Å². The summed E-state index contributed by atoms with van der Waals surface area (Å²) < 4.78 is 208. The molecular formula is C65H133F3NNaO29S2Si8. The van der Waals surface area contributed by atoms with Crippen LogP contribution in [-0.4, -0.2) is 200 Å². The van der Waals surface area contributed by atoms with Crippen molar-refractivity contribution in [2.45, 2.75) is 265 Å². The van der Waals surface area contributed by atoms with E-state index in [0.29, 0.717) is 94.4 Å². The van der Waals surface area contributed by atoms with Crippen LogP contribution in [0.25, 0.3) is 4.13 Å². The molecule has 6 fully saturated rings. The van der Waals surface area contributed by atoms with Crippen LogP contribution in [-0.2, 0) is 121 Å². The molecule has 30 nitrogen and oxygen atoms in total. The minimum absolute atomic E-state index is 0. The van der Waals surface area contributed by atoms with Crippen molar-refractivity contribution in [1.82, 2.24) is 0 Å². The molecule has 2 N–H and O–H groups in total. The summed E-state index contributed by atoms with van der Waals surface area (Å²) in [5.74, 6) is -0.821. The molecule has 6 aliphatic heterocycles. The van der Waals surface area contributed by atoms with Gasteiger partial charge >= 0.3 is 129 Å². The Bertz CT molecular complexity index is 2870. The average molecular weight is 1760 g/mol. The van der Waals surface area contributed by atoms with E-state index in [4.69, 9.17) is 83.3 Å². The number of nitrogens with zero attached hydrogens (tertiary/aromatic N) is 1. The van der Waals surface area contributed by atoms with Crippen LogP contribution in [0.5, 0.6) is 0 Å². The third kappa shape index (κ3) is 34.8. The molecule has 6 rings (SSSR count). The second-order valence-corrected chi connectivity index (χ2v) is 59.9. The van der Waals surface area contributed by atoms with E-state index in [1.54, 1.807) is 45.9 Å². The predicted molar refractivity (Wildman–Crippen MR) is 410 cm³/mol. The summed E-state index contributed by atoms with van der Waals surface area (Å²) in [6.45, 7) is 50.0. The van der Waals surface area contributed by atoms with Gasteiger partial charge in [0.15, 0.2) is 10.0 Å². The Morgan fingerprint density at radius 1 is 0.431 bits per heavy atom. The smallest absolute Gasteiger partial charge is 0.465 e. The van der Waals surface area contributed by atoms with Crippen LogP contribution in [0.2, 0.25) is 48.4 Å². The molecule has 0 radical (unpaired) electrons. The van der Waals surface area contributed by atoms with E-state index < -0.39 is 138 Å². The van der Waals surface area contributed by atoms with Crippen LogP contribution < -0.4 is 29.6 Å². The molecular weight excluding hydrogens is 1630 g/mol. The van der Waals surface area contributed by atoms with Gasteiger partial charge in [-0.1, -0.05) is 132 Å². The monoisotopic (exact) mass is 1760 g/mol. The van der Waals surface area contributed by atoms with Gasteiger partial charge < -0.3 is 92.1 Å². The zero-order chi connectivity index (χ0) is 83.2. The fourth-order valence-corrected chi connectivity index (χ4v) is 64.1. The van der Waals surface area contributed by atoms with Crippen LogP contribution in [0.15, 0.2) is 0 Å². The van der Waals surface area contributed by atoms with Crippen LogP contribution in [0.4, 0.5) is 13.2 Å². The van der Waals surface area contributed by atoms with Crippen molar-refractivity contribution in [1.29, 1.82) is 0 Å². The molecule has 44 heteroatoms. The molecule has 0 aromatic carbocycles. The molecule has 638 valence electrons. The van der Waals surface area contributed by atoms with Gasteiger partial charge in [0.05, 0.1) is 61.8 Å². The fraction of sp³-hybridized carbons (Fsp3) is 0.938. The number of hydrogen-bond donors (Lipinski definition) is 2. The standard InChI is InChI=1S/C37H80O14Si8.C10H20O4.C9H15F3NO7S2.C9H18O4.Na/c1-18-37(16,17)36(38)39-20-19-21-52-40-53(22-29(2)3)43-56(25-32(8)9)45-54(41-52,23-30(4)5)47-58(27-34(12)13)48-55(42-52,24-31(6)7)46-57(44-53,26-33(10)11)50-59(49-56,51-58)28-35(14)15;1-4-9(2)10(11)14-8-7-13-6-5-12-3;1-4-8(2,3)7(14)19-5-6-20-22(17,18)13-21(15,16)9(10,11)12;1-4-9(2,3)8(12)13-6-7(11)5-10;/h29-35H,18-28H2,1-17H3;9H,4-8H2,1-3H3;4-6H2,1-3H3;7,10-11H,4-6H2,1-3H3;/q;;-1;;+1. The van der Waals surface area contributed by atoms with Crippen LogP contribution >= 0.6 is 0 Å². The van der Waals surface area contributed by atoms with Crippen molar-refractivity contribution in [3.63, 3.8) is 0 Å². The van der Waals surface area contributed by atoms with Gasteiger partial charge in [-0.15, -0.1) is 0 Å². The van der Waals surface area contributed by atoms with E-state index in [0.717, 1.165) is 6.42 Å². The topological polar surface area (TPSA) is 366 Å². The Morgan fingerprint density at radius 3 is 0.991 bits per heavy atom. The first-order valence-electron chi connectivity index (χ1n) is 37.8. The van der Waals surface area contributed by atoms with Crippen molar-refractivity contribution in [3.05, 3.63) is 4.13 Å². The van der Waals surface area contributed by atoms with Gasteiger partial charge in [-0.3, -0.25) is 23.4 Å². The molecule has 2 unspecified atom stereocenters. The molecule has 0 aromatic rings. The van der Waals surface area contributed by atoms with Gasteiger partial charge in [0.25, 0.3) is 0 Å². The van der Waals surface area contributed by atoms with Gasteiger partial charge in [-0.2, -0.15) is 13.2 Å². The van der Waals surface area contributed by atoms with Crippen molar-refractivity contribution in [2.75, 3.05) is 66.6 Å². The molecule has 0 aromatic heterocycles. The first-order chi connectivity index (χ1) is 49.4. The van der Waals surface area contributed by atoms with Crippen LogP contribution in [0.3, 0.4) is 0 Å². The number of alkyl halides is 3. The Morgan fingerprint density at radius 2 is 0.716 bits per heavy atom. The SMILES string of the molecule is CCC(C)(C)C(=O)OCC(O)CO.CCC(C)(C)C(=O)OCCC[Si]12O[Si]3(CC(C)C)O[Si]4(CC(C)C)O[Si](CC(C)C)(O1)O[Si]1(CC(C)C)O[Si](CC(C)C)(O2)O[Si](CC(C)C)(O3)O[Si](CC(C)C)(O4)O1.CCC(C)(C)C(=O)OCCOS(=O)(=O)[N-]S(=O)(=O)C(F)(F)F.CCC(C)C(=O)OCCOCCOC.[Na+]. The molecule has 8 bridgehead atoms. The Hall–Kier alpha value is -0.415. The van der Waals surface area contributed by atoms with E-state index in [-0.39, 0.29) is 121 Å². The fourth-order valence-electron chi connectivity index (χ4n) is 10.8. The maximum Gasteiger partial charge on any atom is 1.00 e. The van der Waals surface area contributed by atoms with E-state index in [1.165, 1.54) is 0 Å². The number of carbonyl (C=O) groups excluding carboxylic acids is 4. The minimum Gasteiger partial charge on any atom is -0.465 e. The zero-order valence-corrected chi connectivity index (χ0v) is 81.7. The number of rotatable bonds is 41. The van der Waals surface area contributed by atoms with E-state index >= 15 is 0 Å². The number of methoxy groups -OCH3 is 1. The first kappa shape index (κ1) is 107. The molecule has 6 aliphatic rings. The Labute approximate surface area is 680 Å². The summed E-state index contributed by atoms with van der Waals surface area (Å²) in [5, 5.41) is 17.4. The molecule has 0 spiro atoms. The number of ether oxygens (including phenoxy) is 6. The molecule has 0 aliphatic carbocycles. The van der Waals surface area contributed by atoms with Crippen molar-refractivity contribution < 1.29 is 171 Å². The normalized spacial score (nSPS) is 26.9. The number of hydrogen-bond acceptors (Lipinski definition) is 29. The minimum atomic E-state index is -6.23. The quantitative estimate of drug-likeness (QED) is 0.0249.